The van der Waals surface area contributed by atoms with Crippen molar-refractivity contribution in [1.82, 2.24) is 5.32 Å². The summed E-state index contributed by atoms with van der Waals surface area (Å²) in [5.41, 5.74) is -0.129. The van der Waals surface area contributed by atoms with E-state index in [-0.39, 0.29) is 11.4 Å². The Hall–Kier alpha value is -0.0500. The maximum Gasteiger partial charge on any atom is 0.225 e. The van der Waals surface area contributed by atoms with Gasteiger partial charge in [0.25, 0.3) is 0 Å². The first-order valence-electron chi connectivity index (χ1n) is 3.17. The van der Waals surface area contributed by atoms with Gasteiger partial charge in [-0.25, -0.2) is 0 Å². The Labute approximate surface area is 70.5 Å². The summed E-state index contributed by atoms with van der Waals surface area (Å²) >= 11 is 3.14. The molecule has 0 aromatic rings. The summed E-state index contributed by atoms with van der Waals surface area (Å²) in [6.07, 6.45) is 1.56. The van der Waals surface area contributed by atoms with Gasteiger partial charge < -0.3 is 5.32 Å². The molecule has 1 amide bonds. The van der Waals surface area contributed by atoms with Crippen LogP contribution < -0.4 is 5.32 Å². The normalized spacial score (nSPS) is 11.2. The summed E-state index contributed by atoms with van der Waals surface area (Å²) in [6.45, 7) is 5.85. The van der Waals surface area contributed by atoms with E-state index in [1.165, 1.54) is 0 Å². The lowest BCUT2D eigenvalue weighted by molar-refractivity contribution is -0.119. The Morgan fingerprint density at radius 3 is 2.40 bits per heavy atom. The van der Waals surface area contributed by atoms with Crippen molar-refractivity contribution in [1.29, 1.82) is 0 Å². The fourth-order valence-electron chi connectivity index (χ4n) is 0.491. The van der Waals surface area contributed by atoms with E-state index in [1.807, 2.05) is 20.8 Å². The number of hydrogen-bond acceptors (Lipinski definition) is 1. The van der Waals surface area contributed by atoms with Crippen LogP contribution in [0.2, 0.25) is 0 Å². The van der Waals surface area contributed by atoms with Gasteiger partial charge in [0.1, 0.15) is 0 Å². The summed E-state index contributed by atoms with van der Waals surface area (Å²) in [6, 6.07) is 0. The predicted molar refractivity (Wildman–Crippen MR) is 46.0 cm³/mol. The highest BCUT2D eigenvalue weighted by Gasteiger charge is 2.12. The van der Waals surface area contributed by atoms with Crippen molar-refractivity contribution in [2.75, 3.05) is 5.33 Å². The number of carbonyl (C=O) groups is 1. The van der Waals surface area contributed by atoms with E-state index in [9.17, 15) is 4.79 Å². The Morgan fingerprint density at radius 2 is 2.10 bits per heavy atom. The fourth-order valence-corrected chi connectivity index (χ4v) is 0.785. The molecular weight excluding hydrogens is 194 g/mol. The van der Waals surface area contributed by atoms with E-state index in [4.69, 9.17) is 0 Å². The molecule has 3 heteroatoms. The molecule has 2 nitrogen and oxygen atoms in total. The Kier molecular flexibility index (Phi) is 3.94. The van der Waals surface area contributed by atoms with Gasteiger partial charge in [0.2, 0.25) is 5.91 Å². The highest BCUT2D eigenvalue weighted by atomic mass is 79.9. The van der Waals surface area contributed by atoms with Gasteiger partial charge in [-0.3, -0.25) is 4.79 Å². The van der Waals surface area contributed by atoms with Gasteiger partial charge in [-0.15, -0.1) is 0 Å². The number of carbonyl (C=O) groups excluding carboxylic acids is 1. The van der Waals surface area contributed by atoms with Gasteiger partial charge in [0, 0.05) is 10.9 Å². The first-order chi connectivity index (χ1) is 4.45. The van der Waals surface area contributed by atoms with Gasteiger partial charge >= 0.3 is 0 Å². The van der Waals surface area contributed by atoms with Crippen LogP contribution in [0.15, 0.2) is 0 Å². The van der Waals surface area contributed by atoms with Crippen molar-refractivity contribution in [3.05, 3.63) is 6.42 Å². The van der Waals surface area contributed by atoms with E-state index >= 15 is 0 Å². The number of nitrogens with one attached hydrogen (secondary N) is 1. The van der Waals surface area contributed by atoms with Gasteiger partial charge in [0.15, 0.2) is 0 Å². The number of halogens is 1. The second kappa shape index (κ2) is 3.96. The molecule has 1 N–H and O–H groups in total. The Bertz CT molecular complexity index is 117. The highest BCUT2D eigenvalue weighted by Crippen LogP contribution is 1.99. The smallest absolute Gasteiger partial charge is 0.225 e. The molecule has 0 aliphatic carbocycles. The highest BCUT2D eigenvalue weighted by molar-refractivity contribution is 9.09. The minimum Gasteiger partial charge on any atom is -0.351 e. The quantitative estimate of drug-likeness (QED) is 0.683. The minimum absolute atomic E-state index is 0.0237. The number of alkyl halides is 1. The molecule has 0 rings (SSSR count). The molecule has 1 radical (unpaired) electrons. The maximum absolute atomic E-state index is 10.9. The fraction of sp³-hybridized carbons (Fsp3) is 0.714. The molecule has 0 aromatic heterocycles. The minimum atomic E-state index is -0.129. The third-order valence-electron chi connectivity index (χ3n) is 0.761. The molecule has 0 aromatic carbocycles. The van der Waals surface area contributed by atoms with Crippen molar-refractivity contribution in [3.63, 3.8) is 0 Å². The first kappa shape index (κ1) is 9.95. The Morgan fingerprint density at radius 1 is 1.60 bits per heavy atom. The van der Waals surface area contributed by atoms with Crippen molar-refractivity contribution in [3.8, 4) is 0 Å². The van der Waals surface area contributed by atoms with E-state index in [2.05, 4.69) is 21.2 Å². The molecular formula is C7H13BrNO. The molecule has 59 valence electrons. The average molecular weight is 207 g/mol. The van der Waals surface area contributed by atoms with Crippen LogP contribution in [0, 0.1) is 6.42 Å². The molecule has 0 heterocycles. The van der Waals surface area contributed by atoms with Crippen LogP contribution in [-0.2, 0) is 4.79 Å². The van der Waals surface area contributed by atoms with Crippen LogP contribution in [0.3, 0.4) is 0 Å². The van der Waals surface area contributed by atoms with Gasteiger partial charge in [-0.2, -0.15) is 0 Å². The van der Waals surface area contributed by atoms with E-state index < -0.39 is 0 Å². The SMILES string of the molecule is CC(C)(C)NC(=O)[CH]CBr. The van der Waals surface area contributed by atoms with Crippen molar-refractivity contribution >= 4 is 21.8 Å². The lowest BCUT2D eigenvalue weighted by atomic mass is 10.1. The molecule has 0 unspecified atom stereocenters. The van der Waals surface area contributed by atoms with Crippen LogP contribution in [0.25, 0.3) is 0 Å². The zero-order chi connectivity index (χ0) is 8.20. The second-order valence-corrected chi connectivity index (χ2v) is 3.75. The van der Waals surface area contributed by atoms with Crippen molar-refractivity contribution < 1.29 is 4.79 Å². The van der Waals surface area contributed by atoms with Crippen LogP contribution in [-0.4, -0.2) is 16.8 Å². The number of amides is 1. The molecule has 0 spiro atoms. The molecule has 10 heavy (non-hydrogen) atoms. The van der Waals surface area contributed by atoms with Gasteiger partial charge in [-0.1, -0.05) is 15.9 Å². The van der Waals surface area contributed by atoms with Crippen LogP contribution in [0.1, 0.15) is 20.8 Å². The lowest BCUT2D eigenvalue weighted by Crippen LogP contribution is -2.40. The van der Waals surface area contributed by atoms with Gasteiger partial charge in [-0.05, 0) is 20.8 Å². The monoisotopic (exact) mass is 206 g/mol. The lowest BCUT2D eigenvalue weighted by Gasteiger charge is -2.19. The molecule has 0 bridgehead atoms. The third kappa shape index (κ3) is 6.08. The summed E-state index contributed by atoms with van der Waals surface area (Å²) in [5, 5.41) is 3.40. The number of rotatable bonds is 2. The summed E-state index contributed by atoms with van der Waals surface area (Å²) < 4.78 is 0. The molecule has 0 aliphatic heterocycles. The topological polar surface area (TPSA) is 29.1 Å². The third-order valence-corrected chi connectivity index (χ3v) is 1.08. The van der Waals surface area contributed by atoms with Crippen molar-refractivity contribution in [2.24, 2.45) is 0 Å². The Balaban J connectivity index is 3.58. The first-order valence-corrected chi connectivity index (χ1v) is 4.29. The standard InChI is InChI=1S/C7H13BrNO/c1-7(2,3)9-6(10)4-5-8/h4H,5H2,1-3H3,(H,9,10). The molecule has 0 fully saturated rings. The largest absolute Gasteiger partial charge is 0.351 e. The van der Waals surface area contributed by atoms with E-state index in [1.54, 1.807) is 6.42 Å². The second-order valence-electron chi connectivity index (χ2n) is 3.10. The summed E-state index contributed by atoms with van der Waals surface area (Å²) in [5.74, 6) is -0.0237. The summed E-state index contributed by atoms with van der Waals surface area (Å²) in [7, 11) is 0. The van der Waals surface area contributed by atoms with Crippen LogP contribution in [0.5, 0.6) is 0 Å². The summed E-state index contributed by atoms with van der Waals surface area (Å²) in [4.78, 5) is 10.9. The molecule has 0 aliphatic rings. The van der Waals surface area contributed by atoms with E-state index in [0.717, 1.165) is 0 Å². The predicted octanol–water partition coefficient (Wildman–Crippen LogP) is 1.50. The zero-order valence-corrected chi connectivity index (χ0v) is 8.16. The zero-order valence-electron chi connectivity index (χ0n) is 6.57. The van der Waals surface area contributed by atoms with Crippen LogP contribution in [0.4, 0.5) is 0 Å². The van der Waals surface area contributed by atoms with Gasteiger partial charge in [0.05, 0.1) is 6.42 Å². The number of hydrogen-bond donors (Lipinski definition) is 1. The maximum atomic E-state index is 10.9. The molecule has 0 atom stereocenters. The van der Waals surface area contributed by atoms with Crippen LogP contribution >= 0.6 is 15.9 Å². The van der Waals surface area contributed by atoms with E-state index in [0.29, 0.717) is 5.33 Å². The average Bonchev–Trinajstić information content (AvgIpc) is 1.59. The molecule has 0 saturated heterocycles. The molecule has 0 saturated carbocycles. The van der Waals surface area contributed by atoms with Crippen molar-refractivity contribution in [2.45, 2.75) is 26.3 Å².